The van der Waals surface area contributed by atoms with Gasteiger partial charge in [-0.25, -0.2) is 23.0 Å². The molecular weight excluding hydrogens is 705 g/mol. The molecule has 16 heteroatoms. The van der Waals surface area contributed by atoms with Crippen molar-refractivity contribution in [2.75, 3.05) is 13.2 Å². The lowest BCUT2D eigenvalue weighted by Gasteiger charge is -2.35. The van der Waals surface area contributed by atoms with Crippen molar-refractivity contribution < 1.29 is 41.9 Å². The van der Waals surface area contributed by atoms with E-state index in [0.717, 1.165) is 31.2 Å². The third-order valence-corrected chi connectivity index (χ3v) is 12.8. The zero-order chi connectivity index (χ0) is 38.5. The predicted molar refractivity (Wildman–Crippen MR) is 193 cm³/mol. The molecule has 0 aromatic carbocycles. The maximum atomic E-state index is 14.5. The fraction of sp³-hybridized carbons (Fsp3) is 0.676. The van der Waals surface area contributed by atoms with E-state index in [0.29, 0.717) is 24.9 Å². The summed E-state index contributed by atoms with van der Waals surface area (Å²) in [5.41, 5.74) is -0.996. The zero-order valence-electron chi connectivity index (χ0n) is 31.4. The third-order valence-electron chi connectivity index (χ3n) is 11.0. The van der Waals surface area contributed by atoms with E-state index >= 15 is 0 Å². The molecule has 0 radical (unpaired) electrons. The van der Waals surface area contributed by atoms with Crippen molar-refractivity contribution in [2.45, 2.75) is 128 Å². The molecule has 4 heterocycles. The molecule has 1 unspecified atom stereocenters. The Hall–Kier alpha value is -4.21. The van der Waals surface area contributed by atoms with Crippen molar-refractivity contribution >= 4 is 45.5 Å². The van der Waals surface area contributed by atoms with Crippen LogP contribution in [-0.2, 0) is 40.3 Å². The summed E-state index contributed by atoms with van der Waals surface area (Å²) in [4.78, 5) is 74.9. The maximum Gasteiger partial charge on any atom is 0.407 e. The summed E-state index contributed by atoms with van der Waals surface area (Å²) in [6.45, 7) is 11.1. The summed E-state index contributed by atoms with van der Waals surface area (Å²) in [5, 5.41) is 4.90. The van der Waals surface area contributed by atoms with Crippen LogP contribution >= 0.6 is 0 Å². The molecular formula is C37H52N6O9S. The molecule has 4 amide bonds. The van der Waals surface area contributed by atoms with Crippen molar-refractivity contribution in [1.82, 2.24) is 29.6 Å². The van der Waals surface area contributed by atoms with E-state index in [9.17, 15) is 32.4 Å². The second-order valence-electron chi connectivity index (χ2n) is 17.0. The number of ether oxygens (including phenoxy) is 2. The van der Waals surface area contributed by atoms with Gasteiger partial charge in [-0.3, -0.25) is 19.1 Å². The number of aryl methyl sites for hydroxylation is 1. The monoisotopic (exact) mass is 756 g/mol. The molecule has 290 valence electrons. The predicted octanol–water partition coefficient (Wildman–Crippen LogP) is 3.25. The number of amides is 4. The summed E-state index contributed by atoms with van der Waals surface area (Å²) >= 11 is 0. The number of nitrogens with zero attached hydrogens (tertiary/aromatic N) is 3. The number of rotatable bonds is 6. The Balaban J connectivity index is 1.31. The van der Waals surface area contributed by atoms with Gasteiger partial charge in [0.15, 0.2) is 5.69 Å². The van der Waals surface area contributed by atoms with Crippen LogP contribution < -0.4 is 15.4 Å². The highest BCUT2D eigenvalue weighted by Crippen LogP contribution is 2.47. The third kappa shape index (κ3) is 8.31. The van der Waals surface area contributed by atoms with Gasteiger partial charge in [-0.1, -0.05) is 60.5 Å². The first-order valence-electron chi connectivity index (χ1n) is 18.6. The number of alkyl carbamates (subject to hydrolysis) is 1. The molecule has 3 fully saturated rings. The number of nitrogens with one attached hydrogen (secondary N) is 3. The zero-order valence-corrected chi connectivity index (χ0v) is 32.2. The van der Waals surface area contributed by atoms with E-state index in [1.54, 1.807) is 37.6 Å². The average molecular weight is 757 g/mol. The lowest BCUT2D eigenvalue weighted by molar-refractivity contribution is -0.143. The number of imidazole rings is 1. The highest BCUT2D eigenvalue weighted by molar-refractivity contribution is 7.91. The number of esters is 1. The summed E-state index contributed by atoms with van der Waals surface area (Å²) in [5.74, 6) is -3.15. The minimum atomic E-state index is -3.89. The smallest absolute Gasteiger partial charge is 0.407 e. The molecule has 2 saturated carbocycles. The van der Waals surface area contributed by atoms with Gasteiger partial charge in [-0.05, 0) is 66.9 Å². The fourth-order valence-electron chi connectivity index (χ4n) is 7.47. The van der Waals surface area contributed by atoms with Crippen LogP contribution in [0.15, 0.2) is 24.5 Å². The second-order valence-corrected chi connectivity index (χ2v) is 19.0. The van der Waals surface area contributed by atoms with Gasteiger partial charge in [0, 0.05) is 18.8 Å². The van der Waals surface area contributed by atoms with E-state index in [-0.39, 0.29) is 43.0 Å². The van der Waals surface area contributed by atoms with Crippen molar-refractivity contribution in [3.8, 4) is 0 Å². The summed E-state index contributed by atoms with van der Waals surface area (Å²) in [6, 6.07) is 1.49. The molecule has 2 aromatic heterocycles. The first-order valence-corrected chi connectivity index (χ1v) is 20.2. The maximum absolute atomic E-state index is 14.5. The molecule has 0 spiro atoms. The molecule has 2 aromatic rings. The summed E-state index contributed by atoms with van der Waals surface area (Å²) in [7, 11) is -3.89. The van der Waals surface area contributed by atoms with Crippen LogP contribution in [0.5, 0.6) is 0 Å². The molecule has 1 saturated heterocycles. The normalized spacial score (nSPS) is 28.5. The largest absolute Gasteiger partial charge is 0.456 e. The van der Waals surface area contributed by atoms with Crippen LogP contribution in [0, 0.1) is 16.7 Å². The molecule has 3 N–H and O–H groups in total. The Kier molecular flexibility index (Phi) is 10.3. The number of carbonyl (C=O) groups is 5. The van der Waals surface area contributed by atoms with Gasteiger partial charge >= 0.3 is 12.1 Å². The number of hydrogen-bond donors (Lipinski definition) is 3. The lowest BCUT2D eigenvalue weighted by atomic mass is 9.85. The summed E-state index contributed by atoms with van der Waals surface area (Å²) < 4.78 is 40.9. The Bertz CT molecular complexity index is 1900. The van der Waals surface area contributed by atoms with Crippen molar-refractivity contribution in [3.63, 3.8) is 0 Å². The number of fused-ring (bicyclic) bond motifs is 3. The molecule has 53 heavy (non-hydrogen) atoms. The van der Waals surface area contributed by atoms with Crippen LogP contribution in [0.25, 0.3) is 5.65 Å². The Morgan fingerprint density at radius 2 is 1.87 bits per heavy atom. The van der Waals surface area contributed by atoms with E-state index in [1.807, 2.05) is 32.9 Å². The lowest BCUT2D eigenvalue weighted by Crippen LogP contribution is -2.60. The van der Waals surface area contributed by atoms with Crippen LogP contribution in [0.1, 0.15) is 109 Å². The molecule has 4 bridgehead atoms. The highest BCUT2D eigenvalue weighted by atomic mass is 32.2. The topological polar surface area (TPSA) is 195 Å². The van der Waals surface area contributed by atoms with Crippen molar-refractivity contribution in [1.29, 1.82) is 0 Å². The number of hydrogen-bond acceptors (Lipinski definition) is 10. The number of aromatic nitrogens is 2. The average Bonchev–Trinajstić information content (AvgIpc) is 3.97. The first-order chi connectivity index (χ1) is 24.8. The number of pyridine rings is 1. The van der Waals surface area contributed by atoms with Gasteiger partial charge in [0.2, 0.25) is 21.8 Å². The molecule has 6 rings (SSSR count). The number of sulfonamides is 1. The van der Waals surface area contributed by atoms with E-state index in [1.165, 1.54) is 4.90 Å². The van der Waals surface area contributed by atoms with Crippen LogP contribution in [0.3, 0.4) is 0 Å². The quantitative estimate of drug-likeness (QED) is 0.369. The molecule has 15 nitrogen and oxygen atoms in total. The first kappa shape index (κ1) is 38.5. The molecule has 2 aliphatic heterocycles. The Morgan fingerprint density at radius 3 is 2.53 bits per heavy atom. The highest BCUT2D eigenvalue weighted by Gasteiger charge is 2.62. The van der Waals surface area contributed by atoms with Crippen molar-refractivity contribution in [3.05, 3.63) is 35.8 Å². The summed E-state index contributed by atoms with van der Waals surface area (Å²) in [6.07, 6.45) is 6.42. The van der Waals surface area contributed by atoms with Crippen molar-refractivity contribution in [2.24, 2.45) is 16.7 Å². The van der Waals surface area contributed by atoms with E-state index in [4.69, 9.17) is 9.47 Å². The minimum absolute atomic E-state index is 0.0759. The molecule has 2 aliphatic carbocycles. The van der Waals surface area contributed by atoms with Crippen LogP contribution in [0.4, 0.5) is 4.79 Å². The number of carbonyl (C=O) groups excluding carboxylic acids is 5. The fourth-order valence-corrected chi connectivity index (χ4v) is 8.84. The van der Waals surface area contributed by atoms with Gasteiger partial charge < -0.3 is 29.4 Å². The Labute approximate surface area is 310 Å². The van der Waals surface area contributed by atoms with Crippen LogP contribution in [-0.4, -0.2) is 94.6 Å². The minimum Gasteiger partial charge on any atom is -0.456 e. The van der Waals surface area contributed by atoms with E-state index in [2.05, 4.69) is 20.3 Å². The van der Waals surface area contributed by atoms with Gasteiger partial charge in [0.05, 0.1) is 18.4 Å². The standard InChI is InChI=1S/C37H52N6O9S/c1-7-23-18-37(23,33(47)41-53(49,50)25-13-14-25)40-30(44)27-17-24-19-43(27)31(45)28(35(2,3)4)39-34(48)51-21-36(5,6)15-9-8-11-22-12-10-16-42-20-26(32(46)52-24)38-29(22)42/h10,12,16,20,23-25,27-28H,7-9,11,13-15,17-19,21H2,1-6H3,(H,39,48)(H,40,44)(H,41,47)/t23?,24-,27+,28-,37-/m1/s1. The van der Waals surface area contributed by atoms with Gasteiger partial charge in [-0.15, -0.1) is 0 Å². The van der Waals surface area contributed by atoms with Gasteiger partial charge in [0.25, 0.3) is 5.91 Å². The van der Waals surface area contributed by atoms with Gasteiger partial charge in [-0.2, -0.15) is 0 Å². The van der Waals surface area contributed by atoms with Crippen LogP contribution in [0.2, 0.25) is 0 Å². The Morgan fingerprint density at radius 1 is 1.13 bits per heavy atom. The molecule has 4 aliphatic rings. The molecule has 5 atom stereocenters. The number of cyclic esters (lactones) is 1. The van der Waals surface area contributed by atoms with Gasteiger partial charge in [0.1, 0.15) is 29.4 Å². The SMILES string of the molecule is CCC1C[C@]1(NC(=O)[C@@H]1C[C@@H]2CN1C(=O)[C@H](C(C)(C)C)NC(=O)OCC(C)(C)CCCCc1cccn3cc(nc13)C(=O)O2)C(=O)NS(=O)(=O)C1CC1. The second kappa shape index (κ2) is 14.2. The van der Waals surface area contributed by atoms with E-state index < -0.39 is 74.2 Å².